The maximum atomic E-state index is 12.5. The molecule has 1 atom stereocenters. The first-order valence-electron chi connectivity index (χ1n) is 8.89. The molecule has 138 valence electrons. The Morgan fingerprint density at radius 2 is 1.92 bits per heavy atom. The van der Waals surface area contributed by atoms with Crippen LogP contribution in [0.4, 0.5) is 0 Å². The van der Waals surface area contributed by atoms with Crippen LogP contribution in [0.5, 0.6) is 5.75 Å². The zero-order valence-electron chi connectivity index (χ0n) is 16.4. The molecule has 2 aromatic rings. The molecule has 1 unspecified atom stereocenters. The van der Waals surface area contributed by atoms with Crippen molar-refractivity contribution >= 4 is 16.9 Å². The van der Waals surface area contributed by atoms with Gasteiger partial charge in [0.05, 0.1) is 12.2 Å². The largest absolute Gasteiger partial charge is 0.489 e. The van der Waals surface area contributed by atoms with Crippen molar-refractivity contribution < 1.29 is 14.3 Å². The van der Waals surface area contributed by atoms with Gasteiger partial charge in [-0.1, -0.05) is 0 Å². The molecule has 0 N–H and O–H groups in total. The Hall–Kier alpha value is -2.01. The van der Waals surface area contributed by atoms with E-state index in [1.165, 1.54) is 0 Å². The third-order valence-corrected chi connectivity index (χ3v) is 4.18. The van der Waals surface area contributed by atoms with Crippen LogP contribution in [0.25, 0.3) is 10.9 Å². The van der Waals surface area contributed by atoms with E-state index in [0.29, 0.717) is 12.2 Å². The van der Waals surface area contributed by atoms with Crippen LogP contribution in [0.1, 0.15) is 49.8 Å². The second kappa shape index (κ2) is 7.91. The zero-order chi connectivity index (χ0) is 18.7. The quantitative estimate of drug-likeness (QED) is 0.710. The van der Waals surface area contributed by atoms with E-state index in [1.807, 2.05) is 53.1 Å². The summed E-state index contributed by atoms with van der Waals surface area (Å²) >= 11 is 0. The van der Waals surface area contributed by atoms with E-state index in [-0.39, 0.29) is 18.1 Å². The molecule has 0 bridgehead atoms. The first-order chi connectivity index (χ1) is 11.8. The Balaban J connectivity index is 2.51. The fourth-order valence-corrected chi connectivity index (χ4v) is 3.40. The van der Waals surface area contributed by atoms with Gasteiger partial charge < -0.3 is 18.9 Å². The van der Waals surface area contributed by atoms with Gasteiger partial charge in [-0.05, 0) is 66.9 Å². The number of carbonyl (C=O) groups excluding carboxylic acids is 1. The van der Waals surface area contributed by atoms with Gasteiger partial charge in [0.25, 0.3) is 0 Å². The van der Waals surface area contributed by atoms with Gasteiger partial charge in [0.1, 0.15) is 11.9 Å². The van der Waals surface area contributed by atoms with Crippen LogP contribution in [-0.2, 0) is 4.74 Å². The van der Waals surface area contributed by atoms with Gasteiger partial charge in [0.15, 0.2) is 0 Å². The summed E-state index contributed by atoms with van der Waals surface area (Å²) < 4.78 is 13.5. The average molecular weight is 346 g/mol. The van der Waals surface area contributed by atoms with Gasteiger partial charge >= 0.3 is 5.97 Å². The van der Waals surface area contributed by atoms with Crippen molar-refractivity contribution in [3.63, 3.8) is 0 Å². The van der Waals surface area contributed by atoms with Crippen LogP contribution in [0.3, 0.4) is 0 Å². The lowest BCUT2D eigenvalue weighted by Gasteiger charge is -2.19. The fraction of sp³-hybridized carbons (Fsp3) is 0.550. The van der Waals surface area contributed by atoms with Crippen LogP contribution in [-0.4, -0.2) is 48.8 Å². The zero-order valence-corrected chi connectivity index (χ0v) is 16.4. The van der Waals surface area contributed by atoms with Crippen LogP contribution in [0, 0.1) is 6.92 Å². The van der Waals surface area contributed by atoms with Gasteiger partial charge in [-0.25, -0.2) is 4.79 Å². The molecule has 25 heavy (non-hydrogen) atoms. The van der Waals surface area contributed by atoms with Crippen molar-refractivity contribution in [2.75, 3.05) is 27.2 Å². The summed E-state index contributed by atoms with van der Waals surface area (Å²) in [4.78, 5) is 14.6. The second-order valence-electron chi connectivity index (χ2n) is 7.01. The number of hydrogen-bond donors (Lipinski definition) is 0. The summed E-state index contributed by atoms with van der Waals surface area (Å²) in [6.07, 6.45) is 0.0618. The SMILES string of the molecule is CCOC(=O)c1c(C)n(C(C)C)c2ccc(OC(C)CN(C)C)cc12. The minimum atomic E-state index is -0.275. The van der Waals surface area contributed by atoms with Crippen molar-refractivity contribution in [1.29, 1.82) is 0 Å². The monoisotopic (exact) mass is 346 g/mol. The summed E-state index contributed by atoms with van der Waals surface area (Å²) in [5.41, 5.74) is 2.60. The molecule has 0 radical (unpaired) electrons. The summed E-state index contributed by atoms with van der Waals surface area (Å²) in [6, 6.07) is 6.22. The van der Waals surface area contributed by atoms with Gasteiger partial charge in [0.2, 0.25) is 0 Å². The molecule has 0 saturated carbocycles. The van der Waals surface area contributed by atoms with E-state index < -0.39 is 0 Å². The summed E-state index contributed by atoms with van der Waals surface area (Å²) in [7, 11) is 4.04. The predicted octanol–water partition coefficient (Wildman–Crippen LogP) is 4.04. The molecule has 0 fully saturated rings. The Labute approximate surface area is 150 Å². The number of esters is 1. The lowest BCUT2D eigenvalue weighted by Crippen LogP contribution is -2.27. The molecule has 0 spiro atoms. The Morgan fingerprint density at radius 1 is 1.24 bits per heavy atom. The normalized spacial score (nSPS) is 12.8. The molecule has 1 aromatic heterocycles. The van der Waals surface area contributed by atoms with Gasteiger partial charge in [0, 0.05) is 29.2 Å². The van der Waals surface area contributed by atoms with Crippen LogP contribution >= 0.6 is 0 Å². The number of likely N-dealkylation sites (N-methyl/N-ethyl adjacent to an activating group) is 1. The lowest BCUT2D eigenvalue weighted by molar-refractivity contribution is 0.0527. The molecule has 2 rings (SSSR count). The molecule has 0 amide bonds. The Morgan fingerprint density at radius 3 is 2.48 bits per heavy atom. The number of nitrogens with zero attached hydrogens (tertiary/aromatic N) is 2. The van der Waals surface area contributed by atoms with E-state index in [2.05, 4.69) is 23.3 Å². The predicted molar refractivity (Wildman–Crippen MR) is 102 cm³/mol. The van der Waals surface area contributed by atoms with Crippen LogP contribution in [0.15, 0.2) is 18.2 Å². The minimum Gasteiger partial charge on any atom is -0.489 e. The maximum absolute atomic E-state index is 12.5. The maximum Gasteiger partial charge on any atom is 0.340 e. The van der Waals surface area contributed by atoms with E-state index in [9.17, 15) is 4.79 Å². The lowest BCUT2D eigenvalue weighted by atomic mass is 10.1. The number of aromatic nitrogens is 1. The first kappa shape index (κ1) is 19.3. The van der Waals surface area contributed by atoms with Gasteiger partial charge in [-0.2, -0.15) is 0 Å². The molecule has 1 aromatic carbocycles. The molecule has 5 nitrogen and oxygen atoms in total. The fourth-order valence-electron chi connectivity index (χ4n) is 3.40. The number of hydrogen-bond acceptors (Lipinski definition) is 4. The molecule has 5 heteroatoms. The van der Waals surface area contributed by atoms with E-state index in [1.54, 1.807) is 0 Å². The number of rotatable bonds is 7. The number of benzene rings is 1. The molecule has 0 aliphatic heterocycles. The number of ether oxygens (including phenoxy) is 2. The second-order valence-corrected chi connectivity index (χ2v) is 7.01. The highest BCUT2D eigenvalue weighted by Crippen LogP contribution is 2.32. The molecular weight excluding hydrogens is 316 g/mol. The first-order valence-corrected chi connectivity index (χ1v) is 8.89. The minimum absolute atomic E-state index is 0.0618. The Kier molecular flexibility index (Phi) is 6.11. The van der Waals surface area contributed by atoms with Crippen LogP contribution in [0.2, 0.25) is 0 Å². The molecule has 0 aliphatic carbocycles. The molecule has 0 saturated heterocycles. The summed E-state index contributed by atoms with van der Waals surface area (Å²) in [5, 5.41) is 0.888. The number of fused-ring (bicyclic) bond motifs is 1. The number of carbonyl (C=O) groups is 1. The third kappa shape index (κ3) is 4.15. The van der Waals surface area contributed by atoms with E-state index in [0.717, 1.165) is 28.9 Å². The highest BCUT2D eigenvalue weighted by atomic mass is 16.5. The van der Waals surface area contributed by atoms with Gasteiger partial charge in [-0.3, -0.25) is 0 Å². The molecule has 1 heterocycles. The standard InChI is InChI=1S/C20H30N2O3/c1-8-24-20(23)19-15(5)22(13(2)3)18-10-9-16(11-17(18)19)25-14(4)12-21(6)7/h9-11,13-14H,8,12H2,1-7H3. The van der Waals surface area contributed by atoms with Crippen LogP contribution < -0.4 is 4.74 Å². The van der Waals surface area contributed by atoms with Crippen molar-refractivity contribution in [2.24, 2.45) is 0 Å². The van der Waals surface area contributed by atoms with Crippen molar-refractivity contribution in [3.05, 3.63) is 29.5 Å². The topological polar surface area (TPSA) is 43.7 Å². The summed E-state index contributed by atoms with van der Waals surface area (Å²) in [5.74, 6) is 0.496. The highest BCUT2D eigenvalue weighted by molar-refractivity contribution is 6.06. The molecule has 0 aliphatic rings. The van der Waals surface area contributed by atoms with Crippen molar-refractivity contribution in [1.82, 2.24) is 9.47 Å². The van der Waals surface area contributed by atoms with Gasteiger partial charge in [-0.15, -0.1) is 0 Å². The van der Waals surface area contributed by atoms with E-state index >= 15 is 0 Å². The van der Waals surface area contributed by atoms with E-state index in [4.69, 9.17) is 9.47 Å². The smallest absolute Gasteiger partial charge is 0.340 e. The Bertz CT molecular complexity index is 747. The van der Waals surface area contributed by atoms with Crippen molar-refractivity contribution in [2.45, 2.75) is 46.8 Å². The molecular formula is C20H30N2O3. The summed E-state index contributed by atoms with van der Waals surface area (Å²) in [6.45, 7) is 11.3. The van der Waals surface area contributed by atoms with Crippen molar-refractivity contribution in [3.8, 4) is 5.75 Å². The third-order valence-electron chi connectivity index (χ3n) is 4.18. The average Bonchev–Trinajstić information content (AvgIpc) is 2.77. The highest BCUT2D eigenvalue weighted by Gasteiger charge is 2.22.